The molecule has 0 heterocycles. The van der Waals surface area contributed by atoms with Crippen LogP contribution in [0.1, 0.15) is 41.6 Å². The predicted molar refractivity (Wildman–Crippen MR) is 55.8 cm³/mol. The molecule has 1 unspecified atom stereocenters. The van der Waals surface area contributed by atoms with E-state index in [1.807, 2.05) is 0 Å². The SMILES string of the molecule is CCc1c(C)ccc2c1CCC2N. The Balaban J connectivity index is 2.57. The van der Waals surface area contributed by atoms with Crippen LogP contribution in [-0.4, -0.2) is 0 Å². The molecule has 0 fully saturated rings. The molecule has 0 saturated heterocycles. The van der Waals surface area contributed by atoms with E-state index in [4.69, 9.17) is 5.73 Å². The Hall–Kier alpha value is -0.820. The fourth-order valence-corrected chi connectivity index (χ4v) is 2.42. The summed E-state index contributed by atoms with van der Waals surface area (Å²) in [6, 6.07) is 4.71. The van der Waals surface area contributed by atoms with Crippen molar-refractivity contribution in [1.82, 2.24) is 0 Å². The molecule has 0 aliphatic heterocycles. The second-order valence-electron chi connectivity index (χ2n) is 3.93. The standard InChI is InChI=1S/C12H17N/c1-3-9-8(2)4-5-11-10(9)6-7-12(11)13/h4-5,12H,3,6-7,13H2,1-2H3. The molecule has 0 radical (unpaired) electrons. The quantitative estimate of drug-likeness (QED) is 0.697. The molecular weight excluding hydrogens is 158 g/mol. The van der Waals surface area contributed by atoms with Gasteiger partial charge in [0.05, 0.1) is 0 Å². The van der Waals surface area contributed by atoms with Gasteiger partial charge in [0.1, 0.15) is 0 Å². The van der Waals surface area contributed by atoms with Crippen molar-refractivity contribution in [2.75, 3.05) is 0 Å². The first-order chi connectivity index (χ1) is 6.24. The van der Waals surface area contributed by atoms with Gasteiger partial charge < -0.3 is 5.73 Å². The molecule has 1 aliphatic carbocycles. The maximum atomic E-state index is 6.02. The Morgan fingerprint density at radius 3 is 2.92 bits per heavy atom. The zero-order valence-electron chi connectivity index (χ0n) is 8.43. The highest BCUT2D eigenvalue weighted by molar-refractivity contribution is 5.44. The molecule has 0 aromatic heterocycles. The van der Waals surface area contributed by atoms with Gasteiger partial charge in [-0.25, -0.2) is 0 Å². The van der Waals surface area contributed by atoms with Crippen molar-refractivity contribution in [2.24, 2.45) is 5.73 Å². The van der Waals surface area contributed by atoms with E-state index in [1.165, 1.54) is 28.7 Å². The zero-order valence-corrected chi connectivity index (χ0v) is 8.43. The molecule has 70 valence electrons. The summed E-state index contributed by atoms with van der Waals surface area (Å²) >= 11 is 0. The lowest BCUT2D eigenvalue weighted by Gasteiger charge is -2.11. The maximum absolute atomic E-state index is 6.02. The van der Waals surface area contributed by atoms with Gasteiger partial charge in [-0.2, -0.15) is 0 Å². The van der Waals surface area contributed by atoms with Crippen molar-refractivity contribution in [3.05, 3.63) is 34.4 Å². The number of nitrogens with two attached hydrogens (primary N) is 1. The summed E-state index contributed by atoms with van der Waals surface area (Å²) in [6.45, 7) is 4.43. The van der Waals surface area contributed by atoms with Gasteiger partial charge in [-0.3, -0.25) is 0 Å². The summed E-state index contributed by atoms with van der Waals surface area (Å²) in [4.78, 5) is 0. The van der Waals surface area contributed by atoms with E-state index in [0.29, 0.717) is 6.04 Å². The van der Waals surface area contributed by atoms with Gasteiger partial charge in [0.15, 0.2) is 0 Å². The van der Waals surface area contributed by atoms with Crippen molar-refractivity contribution >= 4 is 0 Å². The van der Waals surface area contributed by atoms with Crippen LogP contribution in [0.2, 0.25) is 0 Å². The topological polar surface area (TPSA) is 26.0 Å². The fourth-order valence-electron chi connectivity index (χ4n) is 2.42. The highest BCUT2D eigenvalue weighted by Crippen LogP contribution is 2.33. The minimum Gasteiger partial charge on any atom is -0.324 e. The molecule has 1 nitrogen and oxygen atoms in total. The molecule has 0 spiro atoms. The monoisotopic (exact) mass is 175 g/mol. The summed E-state index contributed by atoms with van der Waals surface area (Å²) in [5.41, 5.74) is 11.9. The van der Waals surface area contributed by atoms with Gasteiger partial charge in [-0.1, -0.05) is 19.1 Å². The summed E-state index contributed by atoms with van der Waals surface area (Å²) in [5, 5.41) is 0. The third-order valence-corrected chi connectivity index (χ3v) is 3.16. The number of rotatable bonds is 1. The van der Waals surface area contributed by atoms with Crippen LogP contribution in [0.4, 0.5) is 0 Å². The lowest BCUT2D eigenvalue weighted by Crippen LogP contribution is -2.05. The smallest absolute Gasteiger partial charge is 0.0300 e. The molecular formula is C12H17N. The second kappa shape index (κ2) is 3.15. The van der Waals surface area contributed by atoms with Crippen LogP contribution >= 0.6 is 0 Å². The van der Waals surface area contributed by atoms with E-state index in [1.54, 1.807) is 0 Å². The highest BCUT2D eigenvalue weighted by atomic mass is 14.6. The summed E-state index contributed by atoms with van der Waals surface area (Å²) in [7, 11) is 0. The first-order valence-corrected chi connectivity index (χ1v) is 5.11. The Bertz CT molecular complexity index is 328. The number of hydrogen-bond donors (Lipinski definition) is 1. The average molecular weight is 175 g/mol. The molecule has 1 atom stereocenters. The maximum Gasteiger partial charge on any atom is 0.0300 e. The molecule has 2 N–H and O–H groups in total. The van der Waals surface area contributed by atoms with Crippen LogP contribution in [0, 0.1) is 6.92 Å². The normalized spacial score (nSPS) is 20.4. The van der Waals surface area contributed by atoms with E-state index in [0.717, 1.165) is 12.8 Å². The molecule has 1 aromatic rings. The number of hydrogen-bond acceptors (Lipinski definition) is 1. The van der Waals surface area contributed by atoms with Gasteiger partial charge in [0.25, 0.3) is 0 Å². The summed E-state index contributed by atoms with van der Waals surface area (Å²) in [5.74, 6) is 0. The minimum absolute atomic E-state index is 0.292. The van der Waals surface area contributed by atoms with Gasteiger partial charge in [0, 0.05) is 6.04 Å². The molecule has 2 rings (SSSR count). The Kier molecular flexibility index (Phi) is 2.12. The van der Waals surface area contributed by atoms with Crippen molar-refractivity contribution in [2.45, 2.75) is 39.2 Å². The van der Waals surface area contributed by atoms with Crippen molar-refractivity contribution in [3.8, 4) is 0 Å². The summed E-state index contributed by atoms with van der Waals surface area (Å²) in [6.07, 6.45) is 3.45. The zero-order chi connectivity index (χ0) is 9.42. The third-order valence-electron chi connectivity index (χ3n) is 3.16. The van der Waals surface area contributed by atoms with Gasteiger partial charge in [-0.15, -0.1) is 0 Å². The number of benzene rings is 1. The number of fused-ring (bicyclic) bond motifs is 1. The van der Waals surface area contributed by atoms with Crippen LogP contribution in [0.3, 0.4) is 0 Å². The Morgan fingerprint density at radius 2 is 2.23 bits per heavy atom. The van der Waals surface area contributed by atoms with Gasteiger partial charge >= 0.3 is 0 Å². The number of aryl methyl sites for hydroxylation is 1. The van der Waals surface area contributed by atoms with E-state index < -0.39 is 0 Å². The van der Waals surface area contributed by atoms with Crippen LogP contribution in [0.25, 0.3) is 0 Å². The van der Waals surface area contributed by atoms with Crippen LogP contribution < -0.4 is 5.73 Å². The lowest BCUT2D eigenvalue weighted by atomic mass is 9.96. The predicted octanol–water partition coefficient (Wildman–Crippen LogP) is 2.50. The fraction of sp³-hybridized carbons (Fsp3) is 0.500. The largest absolute Gasteiger partial charge is 0.324 e. The van der Waals surface area contributed by atoms with Crippen molar-refractivity contribution < 1.29 is 0 Å². The Morgan fingerprint density at radius 1 is 1.46 bits per heavy atom. The minimum atomic E-state index is 0.292. The molecule has 0 amide bonds. The van der Waals surface area contributed by atoms with E-state index in [9.17, 15) is 0 Å². The first kappa shape index (κ1) is 8.76. The average Bonchev–Trinajstić information content (AvgIpc) is 2.48. The highest BCUT2D eigenvalue weighted by Gasteiger charge is 2.21. The molecule has 1 aromatic carbocycles. The molecule has 1 aliphatic rings. The van der Waals surface area contributed by atoms with E-state index in [2.05, 4.69) is 26.0 Å². The van der Waals surface area contributed by atoms with Crippen LogP contribution in [0.5, 0.6) is 0 Å². The van der Waals surface area contributed by atoms with Crippen molar-refractivity contribution in [3.63, 3.8) is 0 Å². The molecule has 13 heavy (non-hydrogen) atoms. The Labute approximate surface area is 80.0 Å². The van der Waals surface area contributed by atoms with Crippen LogP contribution in [0.15, 0.2) is 12.1 Å². The molecule has 0 saturated carbocycles. The first-order valence-electron chi connectivity index (χ1n) is 5.11. The van der Waals surface area contributed by atoms with E-state index >= 15 is 0 Å². The molecule has 0 bridgehead atoms. The van der Waals surface area contributed by atoms with Gasteiger partial charge in [0.2, 0.25) is 0 Å². The molecule has 1 heteroatoms. The lowest BCUT2D eigenvalue weighted by molar-refractivity contribution is 0.713. The summed E-state index contributed by atoms with van der Waals surface area (Å²) < 4.78 is 0. The van der Waals surface area contributed by atoms with Gasteiger partial charge in [-0.05, 0) is 48.4 Å². The van der Waals surface area contributed by atoms with E-state index in [-0.39, 0.29) is 0 Å². The third kappa shape index (κ3) is 1.28. The second-order valence-corrected chi connectivity index (χ2v) is 3.93. The van der Waals surface area contributed by atoms with Crippen molar-refractivity contribution in [1.29, 1.82) is 0 Å². The van der Waals surface area contributed by atoms with Crippen LogP contribution in [-0.2, 0) is 12.8 Å².